The molecule has 1 atom stereocenters. The van der Waals surface area contributed by atoms with Gasteiger partial charge in [-0.2, -0.15) is 0 Å². The predicted molar refractivity (Wildman–Crippen MR) is 118 cm³/mol. The zero-order valence-corrected chi connectivity index (χ0v) is 18.3. The highest BCUT2D eigenvalue weighted by Crippen LogP contribution is 2.30. The summed E-state index contributed by atoms with van der Waals surface area (Å²) in [6.07, 6.45) is 0. The molecule has 9 heteroatoms. The van der Waals surface area contributed by atoms with E-state index in [0.717, 1.165) is 15.7 Å². The molecule has 0 aromatic heterocycles. The Balaban J connectivity index is 1.43. The minimum Gasteiger partial charge on any atom is -0.495 e. The van der Waals surface area contributed by atoms with E-state index in [2.05, 4.69) is 4.90 Å². The fourth-order valence-electron chi connectivity index (χ4n) is 4.05. The van der Waals surface area contributed by atoms with Crippen molar-refractivity contribution >= 4 is 33.2 Å². The zero-order valence-electron chi connectivity index (χ0n) is 17.5. The number of piperazine rings is 1. The number of hydrogen-bond donors (Lipinski definition) is 0. The maximum absolute atomic E-state index is 12.9. The van der Waals surface area contributed by atoms with Crippen LogP contribution in [0.15, 0.2) is 48.5 Å². The van der Waals surface area contributed by atoms with E-state index >= 15 is 0 Å². The van der Waals surface area contributed by atoms with Crippen LogP contribution in [0.4, 0.5) is 11.4 Å². The maximum Gasteiger partial charge on any atom is 0.253 e. The first-order chi connectivity index (χ1) is 14.8. The Hall–Kier alpha value is -3.07. The molecule has 0 N–H and O–H groups in total. The highest BCUT2D eigenvalue weighted by Gasteiger charge is 2.42. The second-order valence-corrected chi connectivity index (χ2v) is 9.64. The fourth-order valence-corrected chi connectivity index (χ4v) is 5.87. The number of benzene rings is 2. The second kappa shape index (κ2) is 8.22. The van der Waals surface area contributed by atoms with Crippen LogP contribution in [0.5, 0.6) is 5.75 Å². The van der Waals surface area contributed by atoms with Crippen LogP contribution in [0.3, 0.4) is 0 Å². The molecule has 0 radical (unpaired) electrons. The summed E-state index contributed by atoms with van der Waals surface area (Å²) < 4.78 is 30.8. The number of sulfonamides is 1. The average molecular weight is 444 g/mol. The van der Waals surface area contributed by atoms with Gasteiger partial charge in [-0.1, -0.05) is 19.1 Å². The number of anilines is 2. The SMILES string of the molecule is COc1ccccc1N1CCN(C(=O)c2ccc(N3C(=O)C(C)CS3(=O)=O)cc2)CC1. The van der Waals surface area contributed by atoms with E-state index < -0.39 is 21.8 Å². The first kappa shape index (κ1) is 21.2. The summed E-state index contributed by atoms with van der Waals surface area (Å²) in [6, 6.07) is 14.0. The van der Waals surface area contributed by atoms with Crippen LogP contribution in [0, 0.1) is 5.92 Å². The summed E-state index contributed by atoms with van der Waals surface area (Å²) >= 11 is 0. The van der Waals surface area contributed by atoms with Crippen molar-refractivity contribution in [1.82, 2.24) is 4.90 Å². The molecule has 164 valence electrons. The molecular formula is C22H25N3O5S. The van der Waals surface area contributed by atoms with Gasteiger partial charge in [0.25, 0.3) is 5.91 Å². The minimum absolute atomic E-state index is 0.116. The molecule has 0 bridgehead atoms. The highest BCUT2D eigenvalue weighted by atomic mass is 32.2. The molecule has 8 nitrogen and oxygen atoms in total. The van der Waals surface area contributed by atoms with E-state index in [-0.39, 0.29) is 17.3 Å². The van der Waals surface area contributed by atoms with Crippen molar-refractivity contribution in [2.24, 2.45) is 5.92 Å². The van der Waals surface area contributed by atoms with Crippen molar-refractivity contribution in [2.45, 2.75) is 6.92 Å². The van der Waals surface area contributed by atoms with Gasteiger partial charge >= 0.3 is 0 Å². The normalized spacial score (nSPS) is 20.8. The van der Waals surface area contributed by atoms with E-state index in [1.165, 1.54) is 12.1 Å². The van der Waals surface area contributed by atoms with Gasteiger partial charge in [0.15, 0.2) is 0 Å². The van der Waals surface area contributed by atoms with E-state index in [4.69, 9.17) is 4.74 Å². The van der Waals surface area contributed by atoms with Crippen molar-refractivity contribution in [2.75, 3.05) is 48.2 Å². The standard InChI is InChI=1S/C22H25N3O5S/c1-16-15-31(28,29)25(21(16)26)18-9-7-17(8-10-18)22(27)24-13-11-23(12-14-24)19-5-3-4-6-20(19)30-2/h3-10,16H,11-15H2,1-2H3. The van der Waals surface area contributed by atoms with E-state index in [1.54, 1.807) is 31.1 Å². The van der Waals surface area contributed by atoms with Gasteiger partial charge in [0.05, 0.1) is 30.2 Å². The van der Waals surface area contributed by atoms with Crippen LogP contribution in [0.2, 0.25) is 0 Å². The largest absolute Gasteiger partial charge is 0.495 e. The molecule has 2 aliphatic rings. The molecule has 2 saturated heterocycles. The molecule has 2 amide bonds. The van der Waals surface area contributed by atoms with Crippen LogP contribution >= 0.6 is 0 Å². The van der Waals surface area contributed by atoms with Gasteiger partial charge in [-0.3, -0.25) is 9.59 Å². The number of para-hydroxylation sites is 2. The number of methoxy groups -OCH3 is 1. The molecule has 0 aliphatic carbocycles. The Labute approximate surface area is 182 Å². The Morgan fingerprint density at radius 2 is 1.65 bits per heavy atom. The first-order valence-corrected chi connectivity index (χ1v) is 11.8. The predicted octanol–water partition coefficient (Wildman–Crippen LogP) is 1.97. The lowest BCUT2D eigenvalue weighted by atomic mass is 10.1. The van der Waals surface area contributed by atoms with Crippen molar-refractivity contribution < 1.29 is 22.7 Å². The van der Waals surface area contributed by atoms with Gasteiger partial charge in [-0.05, 0) is 36.4 Å². The summed E-state index contributed by atoms with van der Waals surface area (Å²) in [5.41, 5.74) is 1.74. The fraction of sp³-hybridized carbons (Fsp3) is 0.364. The monoisotopic (exact) mass is 443 g/mol. The van der Waals surface area contributed by atoms with Crippen LogP contribution in [-0.4, -0.2) is 64.2 Å². The molecule has 31 heavy (non-hydrogen) atoms. The smallest absolute Gasteiger partial charge is 0.253 e. The third-order valence-corrected chi connectivity index (χ3v) is 7.57. The van der Waals surface area contributed by atoms with Gasteiger partial charge in [-0.25, -0.2) is 12.7 Å². The number of carbonyl (C=O) groups excluding carboxylic acids is 2. The molecule has 2 fully saturated rings. The molecule has 0 spiro atoms. The zero-order chi connectivity index (χ0) is 22.2. The number of carbonyl (C=O) groups is 2. The van der Waals surface area contributed by atoms with Gasteiger partial charge in [0, 0.05) is 31.7 Å². The van der Waals surface area contributed by atoms with Gasteiger partial charge < -0.3 is 14.5 Å². The number of nitrogens with zero attached hydrogens (tertiary/aromatic N) is 3. The number of hydrogen-bond acceptors (Lipinski definition) is 6. The quantitative estimate of drug-likeness (QED) is 0.718. The Morgan fingerprint density at radius 3 is 2.23 bits per heavy atom. The summed E-state index contributed by atoms with van der Waals surface area (Å²) in [5, 5.41) is 0. The van der Waals surface area contributed by atoms with Gasteiger partial charge in [0.1, 0.15) is 5.75 Å². The van der Waals surface area contributed by atoms with Crippen LogP contribution < -0.4 is 13.9 Å². The lowest BCUT2D eigenvalue weighted by Crippen LogP contribution is -2.48. The second-order valence-electron chi connectivity index (χ2n) is 7.78. The summed E-state index contributed by atoms with van der Waals surface area (Å²) in [4.78, 5) is 29.1. The van der Waals surface area contributed by atoms with Gasteiger partial charge in [0.2, 0.25) is 15.9 Å². The lowest BCUT2D eigenvalue weighted by molar-refractivity contribution is -0.119. The molecule has 2 heterocycles. The van der Waals surface area contributed by atoms with Gasteiger partial charge in [-0.15, -0.1) is 0 Å². The first-order valence-electron chi connectivity index (χ1n) is 10.2. The molecule has 2 aromatic rings. The summed E-state index contributed by atoms with van der Waals surface area (Å²) in [6.45, 7) is 4.10. The number of rotatable bonds is 4. The number of ether oxygens (including phenoxy) is 1. The van der Waals surface area contributed by atoms with Crippen LogP contribution in [0.1, 0.15) is 17.3 Å². The third-order valence-electron chi connectivity index (χ3n) is 5.70. The molecule has 0 saturated carbocycles. The van der Waals surface area contributed by atoms with Crippen LogP contribution in [0.25, 0.3) is 0 Å². The van der Waals surface area contributed by atoms with Crippen molar-refractivity contribution in [1.29, 1.82) is 0 Å². The summed E-state index contributed by atoms with van der Waals surface area (Å²) in [5.74, 6) is -0.505. The highest BCUT2D eigenvalue weighted by molar-refractivity contribution is 7.94. The van der Waals surface area contributed by atoms with E-state index in [0.29, 0.717) is 31.7 Å². The Bertz CT molecular complexity index is 1090. The molecule has 1 unspecified atom stereocenters. The van der Waals surface area contributed by atoms with Crippen molar-refractivity contribution in [3.05, 3.63) is 54.1 Å². The topological polar surface area (TPSA) is 87.2 Å². The van der Waals surface area contributed by atoms with Crippen LogP contribution in [-0.2, 0) is 14.8 Å². The molecular weight excluding hydrogens is 418 g/mol. The number of amides is 2. The van der Waals surface area contributed by atoms with E-state index in [1.807, 2.05) is 24.3 Å². The molecule has 2 aliphatic heterocycles. The summed E-state index contributed by atoms with van der Waals surface area (Å²) in [7, 11) is -2.01. The third kappa shape index (κ3) is 3.97. The molecule has 2 aromatic carbocycles. The Kier molecular flexibility index (Phi) is 5.62. The van der Waals surface area contributed by atoms with Crippen molar-refractivity contribution in [3.8, 4) is 5.75 Å². The minimum atomic E-state index is -3.66. The Morgan fingerprint density at radius 1 is 1.00 bits per heavy atom. The lowest BCUT2D eigenvalue weighted by Gasteiger charge is -2.36. The average Bonchev–Trinajstić information content (AvgIpc) is 2.99. The maximum atomic E-state index is 12.9. The van der Waals surface area contributed by atoms with E-state index in [9.17, 15) is 18.0 Å². The van der Waals surface area contributed by atoms with Crippen molar-refractivity contribution in [3.63, 3.8) is 0 Å². The molecule has 4 rings (SSSR count).